The van der Waals surface area contributed by atoms with E-state index in [2.05, 4.69) is 21.3 Å². The minimum absolute atomic E-state index is 0.0191. The Bertz CT molecular complexity index is 926. The highest BCUT2D eigenvalue weighted by atomic mass is 16.2. The molecule has 2 N–H and O–H groups in total. The van der Waals surface area contributed by atoms with Gasteiger partial charge in [-0.2, -0.15) is 0 Å². The number of amides is 2. The highest BCUT2D eigenvalue weighted by Gasteiger charge is 2.45. The predicted molar refractivity (Wildman–Crippen MR) is 117 cm³/mol. The Morgan fingerprint density at radius 3 is 2.77 bits per heavy atom. The van der Waals surface area contributed by atoms with Gasteiger partial charge in [-0.1, -0.05) is 24.6 Å². The second kappa shape index (κ2) is 8.06. The lowest BCUT2D eigenvalue weighted by Gasteiger charge is -2.31. The molecule has 1 aromatic carbocycles. The molecule has 0 bridgehead atoms. The molecule has 6 nitrogen and oxygen atoms in total. The van der Waals surface area contributed by atoms with E-state index in [4.69, 9.17) is 0 Å². The molecule has 2 saturated heterocycles. The van der Waals surface area contributed by atoms with Crippen molar-refractivity contribution in [1.29, 1.82) is 0 Å². The van der Waals surface area contributed by atoms with Crippen LogP contribution in [0.3, 0.4) is 0 Å². The van der Waals surface area contributed by atoms with Crippen LogP contribution in [0.1, 0.15) is 50.5 Å². The molecule has 6 heteroatoms. The molecule has 2 amide bonds. The van der Waals surface area contributed by atoms with Crippen LogP contribution >= 0.6 is 0 Å². The van der Waals surface area contributed by atoms with E-state index in [0.717, 1.165) is 29.6 Å². The van der Waals surface area contributed by atoms with Gasteiger partial charge in [-0.05, 0) is 56.8 Å². The van der Waals surface area contributed by atoms with E-state index in [1.807, 2.05) is 24.4 Å². The van der Waals surface area contributed by atoms with Crippen LogP contribution in [-0.2, 0) is 16.1 Å². The highest BCUT2D eigenvalue weighted by molar-refractivity contribution is 5.91. The Labute approximate surface area is 178 Å². The SMILES string of the molecule is O=C(NCC1(CN2CCCCC2)CC1)C1CCC(=O)N1Cc1c[nH]c2ccccc12. The Hall–Kier alpha value is -2.34. The molecule has 3 heterocycles. The normalized spacial score (nSPS) is 23.8. The van der Waals surface area contributed by atoms with Crippen molar-refractivity contribution in [1.82, 2.24) is 20.1 Å². The summed E-state index contributed by atoms with van der Waals surface area (Å²) in [6.07, 6.45) is 9.39. The van der Waals surface area contributed by atoms with Gasteiger partial charge in [0.05, 0.1) is 0 Å². The van der Waals surface area contributed by atoms with Gasteiger partial charge in [-0.15, -0.1) is 0 Å². The Morgan fingerprint density at radius 1 is 1.17 bits per heavy atom. The first-order valence-corrected chi connectivity index (χ1v) is 11.5. The summed E-state index contributed by atoms with van der Waals surface area (Å²) in [4.78, 5) is 33.2. The van der Waals surface area contributed by atoms with Crippen molar-refractivity contribution in [2.45, 2.75) is 57.5 Å². The zero-order valence-corrected chi connectivity index (χ0v) is 17.7. The topological polar surface area (TPSA) is 68.4 Å². The Kier molecular flexibility index (Phi) is 5.27. The maximum absolute atomic E-state index is 13.0. The number of carbonyl (C=O) groups excluding carboxylic acids is 2. The number of aromatic nitrogens is 1. The average molecular weight is 409 g/mol. The van der Waals surface area contributed by atoms with E-state index in [0.29, 0.717) is 19.4 Å². The number of nitrogens with one attached hydrogen (secondary N) is 2. The number of nitrogens with zero attached hydrogens (tertiary/aromatic N) is 2. The number of likely N-dealkylation sites (tertiary alicyclic amines) is 2. The average Bonchev–Trinajstić information content (AvgIpc) is 3.26. The lowest BCUT2D eigenvalue weighted by Crippen LogP contribution is -2.47. The first-order valence-electron chi connectivity index (χ1n) is 11.5. The van der Waals surface area contributed by atoms with Crippen molar-refractivity contribution < 1.29 is 9.59 Å². The number of fused-ring (bicyclic) bond motifs is 1. The van der Waals surface area contributed by atoms with Crippen LogP contribution < -0.4 is 5.32 Å². The standard InChI is InChI=1S/C24H32N4O2/c29-22-9-8-21(28(22)15-18-14-25-20-7-3-2-6-19(18)20)23(30)26-16-24(10-11-24)17-27-12-4-1-5-13-27/h2-3,6-7,14,21,25H,1,4-5,8-13,15-17H2,(H,26,30). The van der Waals surface area contributed by atoms with E-state index in [-0.39, 0.29) is 23.3 Å². The van der Waals surface area contributed by atoms with E-state index in [1.165, 1.54) is 45.2 Å². The molecule has 2 aromatic rings. The fraction of sp³-hybridized carbons (Fsp3) is 0.583. The zero-order valence-electron chi connectivity index (χ0n) is 17.7. The van der Waals surface area contributed by atoms with E-state index >= 15 is 0 Å². The van der Waals surface area contributed by atoms with E-state index in [9.17, 15) is 9.59 Å². The van der Waals surface area contributed by atoms with Crippen LogP contribution in [0.25, 0.3) is 10.9 Å². The van der Waals surface area contributed by atoms with E-state index in [1.54, 1.807) is 4.90 Å². The van der Waals surface area contributed by atoms with Crippen molar-refractivity contribution in [3.05, 3.63) is 36.0 Å². The maximum atomic E-state index is 13.0. The quantitative estimate of drug-likeness (QED) is 0.740. The molecule has 1 aromatic heterocycles. The van der Waals surface area contributed by atoms with Crippen LogP contribution in [0.2, 0.25) is 0 Å². The van der Waals surface area contributed by atoms with Crippen molar-refractivity contribution in [2.75, 3.05) is 26.2 Å². The van der Waals surface area contributed by atoms with Gasteiger partial charge >= 0.3 is 0 Å². The third-order valence-corrected chi connectivity index (χ3v) is 7.25. The van der Waals surface area contributed by atoms with Crippen molar-refractivity contribution in [2.24, 2.45) is 5.41 Å². The summed E-state index contributed by atoms with van der Waals surface area (Å²) in [6, 6.07) is 7.75. The van der Waals surface area contributed by atoms with Gasteiger partial charge in [0.25, 0.3) is 0 Å². The lowest BCUT2D eigenvalue weighted by atomic mass is 10.0. The first-order chi connectivity index (χ1) is 14.6. The first kappa shape index (κ1) is 19.6. The van der Waals surface area contributed by atoms with Crippen LogP contribution in [-0.4, -0.2) is 58.8 Å². The molecule has 0 radical (unpaired) electrons. The summed E-state index contributed by atoms with van der Waals surface area (Å²) in [5.41, 5.74) is 2.40. The molecule has 5 rings (SSSR count). The monoisotopic (exact) mass is 408 g/mol. The number of carbonyl (C=O) groups is 2. The highest BCUT2D eigenvalue weighted by Crippen LogP contribution is 2.46. The molecular formula is C24H32N4O2. The number of aromatic amines is 1. The zero-order chi connectivity index (χ0) is 20.6. The van der Waals surface area contributed by atoms with Crippen LogP contribution in [0.4, 0.5) is 0 Å². The fourth-order valence-electron chi connectivity index (χ4n) is 5.20. The Morgan fingerprint density at radius 2 is 1.97 bits per heavy atom. The summed E-state index contributed by atoms with van der Waals surface area (Å²) >= 11 is 0. The van der Waals surface area contributed by atoms with Gasteiger partial charge < -0.3 is 20.1 Å². The van der Waals surface area contributed by atoms with Crippen LogP contribution in [0, 0.1) is 5.41 Å². The fourth-order valence-corrected chi connectivity index (χ4v) is 5.20. The summed E-state index contributed by atoms with van der Waals surface area (Å²) < 4.78 is 0. The molecule has 1 saturated carbocycles. The number of hydrogen-bond acceptors (Lipinski definition) is 3. The second-order valence-corrected chi connectivity index (χ2v) is 9.49. The van der Waals surface area contributed by atoms with Crippen LogP contribution in [0.15, 0.2) is 30.5 Å². The maximum Gasteiger partial charge on any atom is 0.242 e. The van der Waals surface area contributed by atoms with Gasteiger partial charge in [-0.3, -0.25) is 9.59 Å². The third kappa shape index (κ3) is 3.97. The minimum Gasteiger partial charge on any atom is -0.361 e. The van der Waals surface area contributed by atoms with Gasteiger partial charge in [-0.25, -0.2) is 0 Å². The largest absolute Gasteiger partial charge is 0.361 e. The third-order valence-electron chi connectivity index (χ3n) is 7.25. The molecule has 3 fully saturated rings. The van der Waals surface area contributed by atoms with Crippen LogP contribution in [0.5, 0.6) is 0 Å². The molecule has 30 heavy (non-hydrogen) atoms. The number of para-hydroxylation sites is 1. The van der Waals surface area contributed by atoms with Gasteiger partial charge in [0.2, 0.25) is 11.8 Å². The molecule has 2 aliphatic heterocycles. The van der Waals surface area contributed by atoms with Gasteiger partial charge in [0.15, 0.2) is 0 Å². The number of rotatable bonds is 7. The number of hydrogen-bond donors (Lipinski definition) is 2. The minimum atomic E-state index is -0.350. The van der Waals surface area contributed by atoms with Crippen molar-refractivity contribution >= 4 is 22.7 Å². The summed E-state index contributed by atoms with van der Waals surface area (Å²) in [6.45, 7) is 4.74. The number of H-pyrrole nitrogens is 1. The molecule has 160 valence electrons. The van der Waals surface area contributed by atoms with E-state index < -0.39 is 0 Å². The molecule has 3 aliphatic rings. The molecule has 1 aliphatic carbocycles. The number of benzene rings is 1. The summed E-state index contributed by atoms with van der Waals surface area (Å²) in [5, 5.41) is 4.34. The molecule has 1 atom stereocenters. The smallest absolute Gasteiger partial charge is 0.242 e. The lowest BCUT2D eigenvalue weighted by molar-refractivity contribution is -0.135. The predicted octanol–water partition coefficient (Wildman–Crippen LogP) is 3.04. The second-order valence-electron chi connectivity index (χ2n) is 9.49. The number of piperidine rings is 1. The molecule has 0 spiro atoms. The van der Waals surface area contributed by atoms with Crippen molar-refractivity contribution in [3.8, 4) is 0 Å². The van der Waals surface area contributed by atoms with Gasteiger partial charge in [0, 0.05) is 48.6 Å². The summed E-state index contributed by atoms with van der Waals surface area (Å²) in [7, 11) is 0. The molecule has 1 unspecified atom stereocenters. The molecular weight excluding hydrogens is 376 g/mol. The van der Waals surface area contributed by atoms with Crippen molar-refractivity contribution in [3.63, 3.8) is 0 Å². The summed E-state index contributed by atoms with van der Waals surface area (Å²) in [5.74, 6) is 0.0977. The Balaban J connectivity index is 1.21. The van der Waals surface area contributed by atoms with Gasteiger partial charge in [0.1, 0.15) is 6.04 Å².